The smallest absolute Gasteiger partial charge is 0.166 e. The average Bonchev–Trinajstić information content (AvgIpc) is 3.13. The van der Waals surface area contributed by atoms with Crippen LogP contribution in [0, 0.1) is 0 Å². The highest BCUT2D eigenvalue weighted by molar-refractivity contribution is 6.30. The minimum absolute atomic E-state index is 0.0862. The molecule has 5 rings (SSSR count). The van der Waals surface area contributed by atoms with E-state index in [-0.39, 0.29) is 11.7 Å². The number of rotatable bonds is 4. The normalized spacial score (nSPS) is 16.1. The van der Waals surface area contributed by atoms with Crippen molar-refractivity contribution in [1.29, 1.82) is 0 Å². The van der Waals surface area contributed by atoms with E-state index in [0.717, 1.165) is 33.7 Å². The number of carbonyl (C=O) groups excluding carboxylic acids is 1. The van der Waals surface area contributed by atoms with Crippen LogP contribution in [0.5, 0.6) is 0 Å². The van der Waals surface area contributed by atoms with Crippen molar-refractivity contribution in [3.05, 3.63) is 88.3 Å². The third-order valence-corrected chi connectivity index (χ3v) is 5.92. The zero-order valence-corrected chi connectivity index (χ0v) is 17.3. The first-order chi connectivity index (χ1) is 14.7. The molecule has 0 N–H and O–H groups in total. The maximum Gasteiger partial charge on any atom is 0.166 e. The summed E-state index contributed by atoms with van der Waals surface area (Å²) in [5, 5.41) is 5.52. The number of Topliss-reactive ketones (excluding diaryl/α,β-unsaturated/α-hetero) is 1. The van der Waals surface area contributed by atoms with E-state index in [0.29, 0.717) is 30.0 Å². The molecule has 30 heavy (non-hydrogen) atoms. The van der Waals surface area contributed by atoms with Gasteiger partial charge in [0.1, 0.15) is 0 Å². The van der Waals surface area contributed by atoms with Crippen LogP contribution in [0.25, 0.3) is 16.8 Å². The molecule has 2 aromatic heterocycles. The largest absolute Gasteiger partial charge is 0.378 e. The second kappa shape index (κ2) is 7.67. The lowest BCUT2D eigenvalue weighted by molar-refractivity contribution is 0.0962. The SMILES string of the molecule is COCc1nn2c3c(cnc2c1-c1ccccc1)C(=O)C[C@H](c1ccc(Cl)cc1)C3. The Morgan fingerprint density at radius 1 is 1.10 bits per heavy atom. The van der Waals surface area contributed by atoms with E-state index in [4.69, 9.17) is 21.4 Å². The van der Waals surface area contributed by atoms with Gasteiger partial charge in [-0.25, -0.2) is 9.50 Å². The predicted molar refractivity (Wildman–Crippen MR) is 116 cm³/mol. The van der Waals surface area contributed by atoms with E-state index in [1.807, 2.05) is 59.1 Å². The van der Waals surface area contributed by atoms with E-state index in [1.165, 1.54) is 0 Å². The summed E-state index contributed by atoms with van der Waals surface area (Å²) < 4.78 is 7.24. The molecular formula is C24H20ClN3O2. The fraction of sp³-hybridized carbons (Fsp3) is 0.208. The number of methoxy groups -OCH3 is 1. The Kier molecular flexibility index (Phi) is 4.85. The first-order valence-corrected chi connectivity index (χ1v) is 10.3. The third-order valence-electron chi connectivity index (χ3n) is 5.67. The van der Waals surface area contributed by atoms with Crippen LogP contribution in [-0.4, -0.2) is 27.5 Å². The molecule has 2 heterocycles. The number of carbonyl (C=O) groups is 1. The van der Waals surface area contributed by atoms with Crippen molar-refractivity contribution in [2.75, 3.05) is 7.11 Å². The molecule has 5 nitrogen and oxygen atoms in total. The molecule has 0 saturated heterocycles. The topological polar surface area (TPSA) is 56.5 Å². The van der Waals surface area contributed by atoms with Crippen molar-refractivity contribution in [3.63, 3.8) is 0 Å². The van der Waals surface area contributed by atoms with Crippen molar-refractivity contribution in [2.45, 2.75) is 25.4 Å². The van der Waals surface area contributed by atoms with Gasteiger partial charge in [-0.1, -0.05) is 54.1 Å². The number of halogens is 1. The minimum Gasteiger partial charge on any atom is -0.378 e. The summed E-state index contributed by atoms with van der Waals surface area (Å²) in [6, 6.07) is 17.8. The number of ketones is 1. The van der Waals surface area contributed by atoms with Crippen LogP contribution >= 0.6 is 11.6 Å². The molecule has 6 heteroatoms. The van der Waals surface area contributed by atoms with Gasteiger partial charge in [0.2, 0.25) is 0 Å². The Morgan fingerprint density at radius 3 is 2.60 bits per heavy atom. The molecule has 0 unspecified atom stereocenters. The molecule has 2 aromatic carbocycles. The summed E-state index contributed by atoms with van der Waals surface area (Å²) in [5.74, 6) is 0.179. The molecule has 0 bridgehead atoms. The van der Waals surface area contributed by atoms with Crippen molar-refractivity contribution in [3.8, 4) is 11.1 Å². The standard InChI is InChI=1S/C24H20ClN3O2/c1-30-14-20-23(16-5-3-2-4-6-16)24-26-13-19-21(28(24)27-20)11-17(12-22(19)29)15-7-9-18(25)10-8-15/h2-10,13,17H,11-12,14H2,1H3/t17-/m1/s1. The maximum atomic E-state index is 12.9. The van der Waals surface area contributed by atoms with Gasteiger partial charge in [0.15, 0.2) is 11.4 Å². The fourth-order valence-electron chi connectivity index (χ4n) is 4.25. The summed E-state index contributed by atoms with van der Waals surface area (Å²) in [5.41, 5.74) is 6.19. The first-order valence-electron chi connectivity index (χ1n) is 9.88. The maximum absolute atomic E-state index is 12.9. The molecule has 0 saturated carbocycles. The summed E-state index contributed by atoms with van der Waals surface area (Å²) in [4.78, 5) is 17.6. The molecule has 0 radical (unpaired) electrons. The second-order valence-corrected chi connectivity index (χ2v) is 7.99. The van der Waals surface area contributed by atoms with E-state index >= 15 is 0 Å². The van der Waals surface area contributed by atoms with Gasteiger partial charge in [-0.05, 0) is 35.6 Å². The van der Waals surface area contributed by atoms with Gasteiger partial charge >= 0.3 is 0 Å². The van der Waals surface area contributed by atoms with Gasteiger partial charge in [-0.15, -0.1) is 0 Å². The number of hydrogen-bond donors (Lipinski definition) is 0. The average molecular weight is 418 g/mol. The van der Waals surface area contributed by atoms with Gasteiger partial charge in [-0.3, -0.25) is 4.79 Å². The quantitative estimate of drug-likeness (QED) is 0.463. The molecule has 1 aliphatic rings. The third kappa shape index (κ3) is 3.20. The van der Waals surface area contributed by atoms with Crippen LogP contribution in [0.15, 0.2) is 60.8 Å². The lowest BCUT2D eigenvalue weighted by Gasteiger charge is -2.24. The van der Waals surface area contributed by atoms with Gasteiger partial charge in [0.25, 0.3) is 0 Å². The summed E-state index contributed by atoms with van der Waals surface area (Å²) in [7, 11) is 1.65. The molecule has 4 aromatic rings. The van der Waals surface area contributed by atoms with Crippen LogP contribution < -0.4 is 0 Å². The molecular weight excluding hydrogens is 398 g/mol. The Hall–Kier alpha value is -3.02. The van der Waals surface area contributed by atoms with Crippen molar-refractivity contribution >= 4 is 23.0 Å². The predicted octanol–water partition coefficient (Wildman–Crippen LogP) is 5.11. The highest BCUT2D eigenvalue weighted by Crippen LogP contribution is 2.35. The van der Waals surface area contributed by atoms with Crippen LogP contribution in [0.4, 0.5) is 0 Å². The Balaban J connectivity index is 1.67. The number of ether oxygens (including phenoxy) is 1. The number of benzene rings is 2. The molecule has 1 aliphatic carbocycles. The van der Waals surface area contributed by atoms with E-state index in [9.17, 15) is 4.79 Å². The zero-order valence-electron chi connectivity index (χ0n) is 16.5. The number of fused-ring (bicyclic) bond motifs is 3. The lowest BCUT2D eigenvalue weighted by Crippen LogP contribution is -2.22. The first kappa shape index (κ1) is 19.0. The van der Waals surface area contributed by atoms with Gasteiger partial charge in [0.05, 0.1) is 29.1 Å². The Labute approximate surface area is 179 Å². The van der Waals surface area contributed by atoms with Crippen LogP contribution in [0.3, 0.4) is 0 Å². The monoisotopic (exact) mass is 417 g/mol. The van der Waals surface area contributed by atoms with Crippen molar-refractivity contribution in [2.24, 2.45) is 0 Å². The fourth-order valence-corrected chi connectivity index (χ4v) is 4.38. The summed E-state index contributed by atoms with van der Waals surface area (Å²) >= 11 is 6.05. The number of hydrogen-bond acceptors (Lipinski definition) is 4. The van der Waals surface area contributed by atoms with Crippen LogP contribution in [-0.2, 0) is 17.8 Å². The van der Waals surface area contributed by atoms with Gasteiger partial charge < -0.3 is 4.74 Å². The van der Waals surface area contributed by atoms with Crippen LogP contribution in [0.2, 0.25) is 5.02 Å². The lowest BCUT2D eigenvalue weighted by atomic mass is 9.82. The van der Waals surface area contributed by atoms with Gasteiger partial charge in [0, 0.05) is 24.8 Å². The van der Waals surface area contributed by atoms with Crippen molar-refractivity contribution in [1.82, 2.24) is 14.6 Å². The second-order valence-electron chi connectivity index (χ2n) is 7.55. The highest BCUT2D eigenvalue weighted by Gasteiger charge is 2.30. The van der Waals surface area contributed by atoms with Gasteiger partial charge in [-0.2, -0.15) is 5.10 Å². The Bertz CT molecular complexity index is 1230. The van der Waals surface area contributed by atoms with Crippen LogP contribution in [0.1, 0.15) is 39.6 Å². The molecule has 0 fully saturated rings. The molecule has 150 valence electrons. The zero-order chi connectivity index (χ0) is 20.7. The summed E-state index contributed by atoms with van der Waals surface area (Å²) in [6.07, 6.45) is 2.87. The van der Waals surface area contributed by atoms with E-state index < -0.39 is 0 Å². The summed E-state index contributed by atoms with van der Waals surface area (Å²) in [6.45, 7) is 0.372. The molecule has 0 aliphatic heterocycles. The number of nitrogens with zero attached hydrogens (tertiary/aromatic N) is 3. The Morgan fingerprint density at radius 2 is 1.87 bits per heavy atom. The van der Waals surface area contributed by atoms with E-state index in [1.54, 1.807) is 13.3 Å². The molecule has 1 atom stereocenters. The van der Waals surface area contributed by atoms with Crippen molar-refractivity contribution < 1.29 is 9.53 Å². The number of aromatic nitrogens is 3. The molecule has 0 spiro atoms. The molecule has 0 amide bonds. The highest BCUT2D eigenvalue weighted by atomic mass is 35.5. The minimum atomic E-state index is 0.0862. The van der Waals surface area contributed by atoms with E-state index in [2.05, 4.69) is 4.98 Å².